The van der Waals surface area contributed by atoms with E-state index in [0.717, 1.165) is 61.1 Å². The number of fused-ring (bicyclic) bond motifs is 4. The van der Waals surface area contributed by atoms with Gasteiger partial charge in [0, 0.05) is 43.3 Å². The first kappa shape index (κ1) is 24.7. The van der Waals surface area contributed by atoms with Gasteiger partial charge in [-0.3, -0.25) is 4.79 Å². The second kappa shape index (κ2) is 10.5. The highest BCUT2D eigenvalue weighted by Gasteiger charge is 2.35. The number of carbonyl (C=O) groups excluding carboxylic acids is 1. The van der Waals surface area contributed by atoms with Gasteiger partial charge >= 0.3 is 6.09 Å². The molecule has 2 amide bonds. The van der Waals surface area contributed by atoms with Gasteiger partial charge in [-0.2, -0.15) is 4.37 Å². The zero-order chi connectivity index (χ0) is 24.3. The van der Waals surface area contributed by atoms with Crippen LogP contribution in [0, 0.1) is 11.3 Å². The number of hydrogen-bond donors (Lipinski definition) is 3. The van der Waals surface area contributed by atoms with Crippen LogP contribution in [0.1, 0.15) is 56.9 Å². The Morgan fingerprint density at radius 2 is 2.00 bits per heavy atom. The lowest BCUT2D eigenvalue weighted by Gasteiger charge is -2.44. The van der Waals surface area contributed by atoms with E-state index in [4.69, 9.17) is 0 Å². The standard InChI is InChI=1S/C25H37N5O3S/c1-25(2,3)9-4-11-30(24(32)33)14-10-26-18-5-6-19-21(15-18)34-28-22(19)23(31)27-20-16-29-12-7-17(20)8-13-29/h5-6,15,17,20,26H,4,7-14,16H2,1-3H3,(H,27,31)(H,32,33)/t20-/m1/s1. The summed E-state index contributed by atoms with van der Waals surface area (Å²) in [5.74, 6) is 0.492. The van der Waals surface area contributed by atoms with E-state index in [0.29, 0.717) is 31.2 Å². The minimum Gasteiger partial charge on any atom is -0.465 e. The Morgan fingerprint density at radius 1 is 1.24 bits per heavy atom. The molecule has 0 unspecified atom stereocenters. The van der Waals surface area contributed by atoms with Crippen molar-refractivity contribution in [2.24, 2.45) is 11.3 Å². The molecule has 3 N–H and O–H groups in total. The molecular formula is C25H37N5O3S. The zero-order valence-corrected chi connectivity index (χ0v) is 21.3. The van der Waals surface area contributed by atoms with Crippen molar-refractivity contribution in [3.05, 3.63) is 23.9 Å². The fourth-order valence-electron chi connectivity index (χ4n) is 5.02. The van der Waals surface area contributed by atoms with Crippen LogP contribution in [0.5, 0.6) is 0 Å². The Bertz CT molecular complexity index is 1010. The predicted octanol–water partition coefficient (Wildman–Crippen LogP) is 4.34. The van der Waals surface area contributed by atoms with E-state index in [1.54, 1.807) is 0 Å². The second-order valence-corrected chi connectivity index (χ2v) is 11.6. The van der Waals surface area contributed by atoms with Crippen LogP contribution in [-0.4, -0.2) is 76.6 Å². The third kappa shape index (κ3) is 6.18. The third-order valence-electron chi connectivity index (χ3n) is 7.00. The molecule has 3 saturated heterocycles. The molecule has 0 spiro atoms. The van der Waals surface area contributed by atoms with Gasteiger partial charge in [0.1, 0.15) is 5.69 Å². The first-order chi connectivity index (χ1) is 16.2. The summed E-state index contributed by atoms with van der Waals surface area (Å²) in [6.07, 6.45) is 3.28. The average molecular weight is 488 g/mol. The van der Waals surface area contributed by atoms with Gasteiger partial charge in [0.25, 0.3) is 5.91 Å². The summed E-state index contributed by atoms with van der Waals surface area (Å²) in [5.41, 5.74) is 1.61. The molecule has 1 aromatic carbocycles. The number of nitrogens with one attached hydrogen (secondary N) is 2. The first-order valence-corrected chi connectivity index (χ1v) is 13.1. The van der Waals surface area contributed by atoms with Crippen molar-refractivity contribution >= 4 is 39.3 Å². The Hall–Kier alpha value is -2.39. The molecule has 1 aromatic heterocycles. The third-order valence-corrected chi connectivity index (χ3v) is 7.80. The minimum absolute atomic E-state index is 0.0851. The van der Waals surface area contributed by atoms with Crippen LogP contribution in [0.15, 0.2) is 18.2 Å². The van der Waals surface area contributed by atoms with Gasteiger partial charge in [0.15, 0.2) is 0 Å². The Balaban J connectivity index is 1.31. The molecule has 5 rings (SSSR count). The van der Waals surface area contributed by atoms with Crippen LogP contribution in [0.3, 0.4) is 0 Å². The summed E-state index contributed by atoms with van der Waals surface area (Å²) in [6.45, 7) is 11.2. The molecule has 2 aromatic rings. The van der Waals surface area contributed by atoms with Gasteiger partial charge in [-0.05, 0) is 79.8 Å². The van der Waals surface area contributed by atoms with Crippen molar-refractivity contribution in [1.29, 1.82) is 0 Å². The largest absolute Gasteiger partial charge is 0.465 e. The van der Waals surface area contributed by atoms with Crippen molar-refractivity contribution in [3.63, 3.8) is 0 Å². The summed E-state index contributed by atoms with van der Waals surface area (Å²) >= 11 is 1.33. The summed E-state index contributed by atoms with van der Waals surface area (Å²) in [7, 11) is 0. The minimum atomic E-state index is -0.882. The molecule has 9 heteroatoms. The maximum absolute atomic E-state index is 12.9. The Morgan fingerprint density at radius 3 is 2.65 bits per heavy atom. The number of anilines is 1. The summed E-state index contributed by atoms with van der Waals surface area (Å²) in [4.78, 5) is 28.4. The van der Waals surface area contributed by atoms with Crippen molar-refractivity contribution < 1.29 is 14.7 Å². The number of aromatic nitrogens is 1. The molecule has 3 fully saturated rings. The summed E-state index contributed by atoms with van der Waals surface area (Å²) < 4.78 is 5.40. The maximum atomic E-state index is 12.9. The number of rotatable bonds is 9. The molecular weight excluding hydrogens is 450 g/mol. The lowest BCUT2D eigenvalue weighted by Crippen LogP contribution is -2.57. The van der Waals surface area contributed by atoms with Crippen molar-refractivity contribution in [2.45, 2.75) is 52.5 Å². The Kier molecular flexibility index (Phi) is 7.62. The number of nitrogens with zero attached hydrogens (tertiary/aromatic N) is 3. The number of carbonyl (C=O) groups is 2. The topological polar surface area (TPSA) is 97.8 Å². The molecule has 34 heavy (non-hydrogen) atoms. The fraction of sp³-hybridized carbons (Fsp3) is 0.640. The molecule has 4 heterocycles. The molecule has 0 radical (unpaired) electrons. The van der Waals surface area contributed by atoms with Crippen LogP contribution >= 0.6 is 11.5 Å². The van der Waals surface area contributed by atoms with Crippen LogP contribution in [0.2, 0.25) is 0 Å². The number of benzene rings is 1. The van der Waals surface area contributed by atoms with Crippen LogP contribution < -0.4 is 10.6 Å². The highest BCUT2D eigenvalue weighted by Crippen LogP contribution is 2.29. The molecule has 1 atom stereocenters. The van der Waals surface area contributed by atoms with Gasteiger partial charge in [0.2, 0.25) is 0 Å². The average Bonchev–Trinajstić information content (AvgIpc) is 3.21. The normalized spacial score (nSPS) is 22.0. The van der Waals surface area contributed by atoms with Crippen molar-refractivity contribution in [2.75, 3.05) is 44.6 Å². The number of carboxylic acid groups (broad SMARTS) is 1. The first-order valence-electron chi connectivity index (χ1n) is 12.3. The molecule has 186 valence electrons. The van der Waals surface area contributed by atoms with Gasteiger partial charge in [-0.15, -0.1) is 0 Å². The molecule has 3 aliphatic heterocycles. The van der Waals surface area contributed by atoms with Crippen molar-refractivity contribution in [1.82, 2.24) is 19.5 Å². The lowest BCUT2D eigenvalue weighted by atomic mass is 9.84. The smallest absolute Gasteiger partial charge is 0.407 e. The fourth-order valence-corrected chi connectivity index (χ4v) is 5.83. The van der Waals surface area contributed by atoms with E-state index < -0.39 is 6.09 Å². The zero-order valence-electron chi connectivity index (χ0n) is 20.5. The van der Waals surface area contributed by atoms with E-state index >= 15 is 0 Å². The molecule has 3 aliphatic rings. The van der Waals surface area contributed by atoms with E-state index in [9.17, 15) is 14.7 Å². The number of hydrogen-bond acceptors (Lipinski definition) is 6. The molecule has 0 saturated carbocycles. The van der Waals surface area contributed by atoms with Gasteiger partial charge < -0.3 is 25.5 Å². The van der Waals surface area contributed by atoms with Gasteiger partial charge in [-0.25, -0.2) is 4.79 Å². The highest BCUT2D eigenvalue weighted by molar-refractivity contribution is 7.13. The Labute approximate surface area is 205 Å². The van der Waals surface area contributed by atoms with Gasteiger partial charge in [-0.1, -0.05) is 20.8 Å². The van der Waals surface area contributed by atoms with E-state index in [-0.39, 0.29) is 17.4 Å². The van der Waals surface area contributed by atoms with Crippen LogP contribution in [0.25, 0.3) is 10.1 Å². The van der Waals surface area contributed by atoms with Crippen LogP contribution in [-0.2, 0) is 0 Å². The maximum Gasteiger partial charge on any atom is 0.407 e. The quantitative estimate of drug-likeness (QED) is 0.487. The molecule has 0 aliphatic carbocycles. The monoisotopic (exact) mass is 487 g/mol. The van der Waals surface area contributed by atoms with E-state index in [2.05, 4.69) is 40.7 Å². The van der Waals surface area contributed by atoms with Gasteiger partial charge in [0.05, 0.1) is 4.70 Å². The van der Waals surface area contributed by atoms with Crippen molar-refractivity contribution in [3.8, 4) is 0 Å². The summed E-state index contributed by atoms with van der Waals surface area (Å²) in [6, 6.07) is 6.08. The van der Waals surface area contributed by atoms with E-state index in [1.807, 2.05) is 18.2 Å². The molecule has 2 bridgehead atoms. The second-order valence-electron chi connectivity index (χ2n) is 10.8. The molecule has 8 nitrogen and oxygen atoms in total. The summed E-state index contributed by atoms with van der Waals surface area (Å²) in [5, 5.41) is 16.9. The SMILES string of the molecule is CC(C)(C)CCCN(CCNc1ccc2c(C(=O)N[C@@H]3CN4CCC3CC4)nsc2c1)C(=O)O. The van der Waals surface area contributed by atoms with E-state index in [1.165, 1.54) is 16.4 Å². The predicted molar refractivity (Wildman–Crippen MR) is 137 cm³/mol. The number of amides is 2. The number of piperidine rings is 3. The lowest BCUT2D eigenvalue weighted by molar-refractivity contribution is 0.0619. The highest BCUT2D eigenvalue weighted by atomic mass is 32.1. The van der Waals surface area contributed by atoms with Crippen LogP contribution in [0.4, 0.5) is 10.5 Å².